The quantitative estimate of drug-likeness (QED) is 0.730. The van der Waals surface area contributed by atoms with Crippen molar-refractivity contribution >= 4 is 10.0 Å². The number of rotatable bonds is 8. The zero-order valence-corrected chi connectivity index (χ0v) is 16.1. The smallest absolute Gasteiger partial charge is 0.240 e. The number of hydrogen-bond donors (Lipinski definition) is 2. The molecule has 0 unspecified atom stereocenters. The second kappa shape index (κ2) is 7.72. The molecule has 1 saturated carbocycles. The van der Waals surface area contributed by atoms with Gasteiger partial charge in [-0.2, -0.15) is 0 Å². The SMILES string of the molecule is O=S(=O)(NC[C@H]1[C@@H](c2ccccc2)[C@@H](CO)N1CC1CC1)c1ccccc1. The number of hydrogen-bond acceptors (Lipinski definition) is 4. The Balaban J connectivity index is 1.53. The standard InChI is InChI=1S/C21H26N2O3S/c24-15-20-21(17-7-3-1-4-8-17)19(23(20)14-16-11-12-16)13-22-27(25,26)18-9-5-2-6-10-18/h1-10,16,19-22,24H,11-15H2/t19-,20+,21+/m0/s1. The number of sulfonamides is 1. The van der Waals surface area contributed by atoms with Gasteiger partial charge in [-0.1, -0.05) is 48.5 Å². The Kier molecular flexibility index (Phi) is 5.32. The van der Waals surface area contributed by atoms with Crippen molar-refractivity contribution in [2.45, 2.75) is 35.7 Å². The van der Waals surface area contributed by atoms with E-state index in [1.54, 1.807) is 30.3 Å². The molecule has 2 fully saturated rings. The van der Waals surface area contributed by atoms with Crippen molar-refractivity contribution in [3.63, 3.8) is 0 Å². The summed E-state index contributed by atoms with van der Waals surface area (Å²) in [6.45, 7) is 1.38. The number of likely N-dealkylation sites (tertiary alicyclic amines) is 1. The Labute approximate surface area is 161 Å². The highest BCUT2D eigenvalue weighted by Gasteiger charge is 2.49. The van der Waals surface area contributed by atoms with E-state index in [0.717, 1.165) is 12.1 Å². The Bertz CT molecular complexity index is 854. The minimum Gasteiger partial charge on any atom is -0.395 e. The van der Waals surface area contributed by atoms with Crippen LogP contribution in [0.3, 0.4) is 0 Å². The molecule has 3 atom stereocenters. The number of nitrogens with zero attached hydrogens (tertiary/aromatic N) is 1. The first kappa shape index (κ1) is 18.6. The number of aliphatic hydroxyl groups is 1. The molecule has 0 bridgehead atoms. The van der Waals surface area contributed by atoms with Gasteiger partial charge in [0, 0.05) is 31.1 Å². The van der Waals surface area contributed by atoms with Gasteiger partial charge in [-0.15, -0.1) is 0 Å². The summed E-state index contributed by atoms with van der Waals surface area (Å²) < 4.78 is 28.1. The Morgan fingerprint density at radius 1 is 0.963 bits per heavy atom. The van der Waals surface area contributed by atoms with E-state index in [4.69, 9.17) is 0 Å². The first-order valence-electron chi connectivity index (χ1n) is 9.56. The molecular formula is C21H26N2O3S. The summed E-state index contributed by atoms with van der Waals surface area (Å²) in [5, 5.41) is 9.97. The molecule has 5 nitrogen and oxygen atoms in total. The molecular weight excluding hydrogens is 360 g/mol. The van der Waals surface area contributed by atoms with Gasteiger partial charge in [-0.25, -0.2) is 13.1 Å². The molecule has 144 valence electrons. The Morgan fingerprint density at radius 2 is 1.59 bits per heavy atom. The fraction of sp³-hybridized carbons (Fsp3) is 0.429. The molecule has 2 aliphatic rings. The van der Waals surface area contributed by atoms with E-state index in [-0.39, 0.29) is 29.5 Å². The molecule has 2 aromatic rings. The van der Waals surface area contributed by atoms with Crippen LogP contribution in [0.1, 0.15) is 24.3 Å². The molecule has 4 rings (SSSR count). The van der Waals surface area contributed by atoms with Crippen molar-refractivity contribution in [3.8, 4) is 0 Å². The topological polar surface area (TPSA) is 69.6 Å². The molecule has 6 heteroatoms. The van der Waals surface area contributed by atoms with Gasteiger partial charge >= 0.3 is 0 Å². The van der Waals surface area contributed by atoms with Gasteiger partial charge in [0.1, 0.15) is 0 Å². The summed E-state index contributed by atoms with van der Waals surface area (Å²) in [7, 11) is -3.54. The third-order valence-corrected chi connectivity index (χ3v) is 7.19. The predicted molar refractivity (Wildman–Crippen MR) is 105 cm³/mol. The molecule has 0 aromatic heterocycles. The van der Waals surface area contributed by atoms with E-state index in [0.29, 0.717) is 12.5 Å². The van der Waals surface area contributed by atoms with Crippen molar-refractivity contribution < 1.29 is 13.5 Å². The molecule has 27 heavy (non-hydrogen) atoms. The molecule has 0 amide bonds. The van der Waals surface area contributed by atoms with Gasteiger partial charge in [0.2, 0.25) is 10.0 Å². The molecule has 1 saturated heterocycles. The highest BCUT2D eigenvalue weighted by atomic mass is 32.2. The van der Waals surface area contributed by atoms with Gasteiger partial charge in [0.15, 0.2) is 0 Å². The van der Waals surface area contributed by atoms with E-state index >= 15 is 0 Å². The maximum absolute atomic E-state index is 12.6. The summed E-state index contributed by atoms with van der Waals surface area (Å²) in [5.74, 6) is 0.817. The predicted octanol–water partition coefficient (Wildman–Crippen LogP) is 2.20. The molecule has 0 radical (unpaired) electrons. The van der Waals surface area contributed by atoms with Crippen molar-refractivity contribution in [3.05, 3.63) is 66.2 Å². The van der Waals surface area contributed by atoms with Crippen LogP contribution in [0.2, 0.25) is 0 Å². The second-order valence-corrected chi connectivity index (χ2v) is 9.33. The van der Waals surface area contributed by atoms with Gasteiger partial charge in [-0.3, -0.25) is 4.90 Å². The van der Waals surface area contributed by atoms with Crippen LogP contribution in [0, 0.1) is 5.92 Å². The van der Waals surface area contributed by atoms with E-state index in [1.165, 1.54) is 12.8 Å². The van der Waals surface area contributed by atoms with Crippen LogP contribution in [0.4, 0.5) is 0 Å². The lowest BCUT2D eigenvalue weighted by Gasteiger charge is -2.55. The first-order chi connectivity index (χ1) is 13.1. The van der Waals surface area contributed by atoms with Crippen molar-refractivity contribution in [2.24, 2.45) is 5.92 Å². The molecule has 1 heterocycles. The van der Waals surface area contributed by atoms with Crippen LogP contribution in [0.15, 0.2) is 65.6 Å². The van der Waals surface area contributed by atoms with E-state index < -0.39 is 10.0 Å². The van der Waals surface area contributed by atoms with Gasteiger partial charge in [-0.05, 0) is 36.5 Å². The summed E-state index contributed by atoms with van der Waals surface area (Å²) in [5.41, 5.74) is 1.16. The normalized spacial score (nSPS) is 25.9. The van der Waals surface area contributed by atoms with Gasteiger partial charge in [0.05, 0.1) is 11.5 Å². The van der Waals surface area contributed by atoms with E-state index in [9.17, 15) is 13.5 Å². The van der Waals surface area contributed by atoms with Crippen molar-refractivity contribution in [1.29, 1.82) is 0 Å². The fourth-order valence-electron chi connectivity index (χ4n) is 4.14. The third kappa shape index (κ3) is 3.94. The molecule has 2 N–H and O–H groups in total. The second-order valence-electron chi connectivity index (χ2n) is 7.56. The van der Waals surface area contributed by atoms with Crippen LogP contribution >= 0.6 is 0 Å². The van der Waals surface area contributed by atoms with Crippen molar-refractivity contribution in [2.75, 3.05) is 19.7 Å². The fourth-order valence-corrected chi connectivity index (χ4v) is 5.22. The molecule has 1 aliphatic heterocycles. The molecule has 2 aromatic carbocycles. The van der Waals surface area contributed by atoms with Crippen LogP contribution in [0.5, 0.6) is 0 Å². The number of nitrogens with one attached hydrogen (secondary N) is 1. The summed E-state index contributed by atoms with van der Waals surface area (Å²) in [4.78, 5) is 2.58. The summed E-state index contributed by atoms with van der Waals surface area (Å²) >= 11 is 0. The summed E-state index contributed by atoms with van der Waals surface area (Å²) in [6.07, 6.45) is 2.46. The lowest BCUT2D eigenvalue weighted by Crippen LogP contribution is -2.67. The van der Waals surface area contributed by atoms with Crippen molar-refractivity contribution in [1.82, 2.24) is 9.62 Å². The first-order valence-corrected chi connectivity index (χ1v) is 11.0. The van der Waals surface area contributed by atoms with E-state index in [1.807, 2.05) is 18.2 Å². The highest BCUT2D eigenvalue weighted by Crippen LogP contribution is 2.43. The average Bonchev–Trinajstić information content (AvgIpc) is 3.51. The van der Waals surface area contributed by atoms with Crippen LogP contribution in [-0.4, -0.2) is 50.2 Å². The number of benzene rings is 2. The Morgan fingerprint density at radius 3 is 2.19 bits per heavy atom. The summed E-state index contributed by atoms with van der Waals surface area (Å²) in [6, 6.07) is 18.7. The van der Waals surface area contributed by atoms with Crippen LogP contribution in [-0.2, 0) is 10.0 Å². The maximum atomic E-state index is 12.6. The highest BCUT2D eigenvalue weighted by molar-refractivity contribution is 7.89. The minimum atomic E-state index is -3.54. The Hall–Kier alpha value is -1.73. The monoisotopic (exact) mass is 386 g/mol. The van der Waals surface area contributed by atoms with E-state index in [2.05, 4.69) is 21.8 Å². The van der Waals surface area contributed by atoms with Gasteiger partial charge in [0.25, 0.3) is 0 Å². The zero-order chi connectivity index (χ0) is 18.9. The lowest BCUT2D eigenvalue weighted by atomic mass is 9.75. The van der Waals surface area contributed by atoms with Gasteiger partial charge < -0.3 is 5.11 Å². The van der Waals surface area contributed by atoms with Crippen LogP contribution in [0.25, 0.3) is 0 Å². The number of aliphatic hydroxyl groups excluding tert-OH is 1. The molecule has 1 aliphatic carbocycles. The average molecular weight is 387 g/mol. The minimum absolute atomic E-state index is 0.0548. The maximum Gasteiger partial charge on any atom is 0.240 e. The molecule has 0 spiro atoms. The lowest BCUT2D eigenvalue weighted by molar-refractivity contribution is -0.0432. The zero-order valence-electron chi connectivity index (χ0n) is 15.2. The largest absolute Gasteiger partial charge is 0.395 e. The van der Waals surface area contributed by atoms with Crippen LogP contribution < -0.4 is 4.72 Å². The third-order valence-electron chi connectivity index (χ3n) is 5.75.